The standard InChI is InChI=1S/C21H21Cl2FO2/c1-12(2)20-19(25)8-7-15(21(20)24)11-16-17(22)9-14(10-18(16)23)6-5-13(3)26-4/h5-10,12,25H,3,11H2,1-2,4H3/b6-5+. The first-order chi connectivity index (χ1) is 12.2. The van der Waals surface area contributed by atoms with Gasteiger partial charge in [-0.05, 0) is 46.9 Å². The summed E-state index contributed by atoms with van der Waals surface area (Å²) in [4.78, 5) is 0. The molecule has 138 valence electrons. The van der Waals surface area contributed by atoms with E-state index in [1.54, 1.807) is 30.4 Å². The second-order valence-corrected chi connectivity index (χ2v) is 7.08. The van der Waals surface area contributed by atoms with E-state index in [2.05, 4.69) is 6.58 Å². The summed E-state index contributed by atoms with van der Waals surface area (Å²) in [6.07, 6.45) is 3.72. The van der Waals surface area contributed by atoms with Crippen LogP contribution in [0.2, 0.25) is 10.0 Å². The molecule has 0 amide bonds. The molecule has 0 unspecified atom stereocenters. The zero-order chi connectivity index (χ0) is 19.4. The maximum atomic E-state index is 14.8. The van der Waals surface area contributed by atoms with Crippen LogP contribution in [0.15, 0.2) is 42.7 Å². The summed E-state index contributed by atoms with van der Waals surface area (Å²) < 4.78 is 19.8. The van der Waals surface area contributed by atoms with Gasteiger partial charge in [-0.1, -0.05) is 55.8 Å². The molecule has 2 nitrogen and oxygen atoms in total. The number of phenols is 1. The first-order valence-corrected chi connectivity index (χ1v) is 8.89. The minimum Gasteiger partial charge on any atom is -0.508 e. The molecule has 0 saturated heterocycles. The summed E-state index contributed by atoms with van der Waals surface area (Å²) in [6, 6.07) is 6.57. The number of halogens is 3. The van der Waals surface area contributed by atoms with Crippen LogP contribution in [0.5, 0.6) is 5.75 Å². The van der Waals surface area contributed by atoms with Crippen molar-refractivity contribution in [3.63, 3.8) is 0 Å². The van der Waals surface area contributed by atoms with Gasteiger partial charge in [0.2, 0.25) is 0 Å². The van der Waals surface area contributed by atoms with Crippen molar-refractivity contribution in [1.29, 1.82) is 0 Å². The lowest BCUT2D eigenvalue weighted by molar-refractivity contribution is 0.309. The van der Waals surface area contributed by atoms with Crippen LogP contribution in [-0.2, 0) is 11.2 Å². The van der Waals surface area contributed by atoms with Crippen LogP contribution in [0.25, 0.3) is 6.08 Å². The third-order valence-electron chi connectivity index (χ3n) is 4.07. The summed E-state index contributed by atoms with van der Waals surface area (Å²) >= 11 is 12.8. The van der Waals surface area contributed by atoms with Crippen molar-refractivity contribution < 1.29 is 14.2 Å². The minimum atomic E-state index is -0.424. The average molecular weight is 395 g/mol. The summed E-state index contributed by atoms with van der Waals surface area (Å²) in [5, 5.41) is 10.8. The van der Waals surface area contributed by atoms with Crippen molar-refractivity contribution in [3.8, 4) is 5.75 Å². The van der Waals surface area contributed by atoms with Crippen LogP contribution in [0.3, 0.4) is 0 Å². The molecule has 0 fully saturated rings. The quantitative estimate of drug-likeness (QED) is 0.434. The SMILES string of the molecule is C=C(/C=C/c1cc(Cl)c(Cc2ccc(O)c(C(C)C)c2F)c(Cl)c1)OC. The predicted octanol–water partition coefficient (Wildman–Crippen LogP) is 6.73. The van der Waals surface area contributed by atoms with Gasteiger partial charge >= 0.3 is 0 Å². The molecule has 2 aromatic rings. The Morgan fingerprint density at radius 3 is 2.42 bits per heavy atom. The Hall–Kier alpha value is -1.97. The summed E-state index contributed by atoms with van der Waals surface area (Å²) in [6.45, 7) is 7.37. The second kappa shape index (κ2) is 8.61. The highest BCUT2D eigenvalue weighted by atomic mass is 35.5. The maximum Gasteiger partial charge on any atom is 0.133 e. The molecule has 26 heavy (non-hydrogen) atoms. The fourth-order valence-electron chi connectivity index (χ4n) is 2.65. The molecular weight excluding hydrogens is 374 g/mol. The number of methoxy groups -OCH3 is 1. The number of ether oxygens (including phenoxy) is 1. The zero-order valence-corrected chi connectivity index (χ0v) is 16.5. The normalized spacial score (nSPS) is 11.3. The molecule has 0 aliphatic heterocycles. The fraction of sp³-hybridized carbons (Fsp3) is 0.238. The third-order valence-corrected chi connectivity index (χ3v) is 4.74. The first-order valence-electron chi connectivity index (χ1n) is 8.13. The number of hydrogen-bond acceptors (Lipinski definition) is 2. The van der Waals surface area contributed by atoms with E-state index in [4.69, 9.17) is 27.9 Å². The highest BCUT2D eigenvalue weighted by Crippen LogP contribution is 2.34. The summed E-state index contributed by atoms with van der Waals surface area (Å²) in [5.74, 6) is -0.0965. The lowest BCUT2D eigenvalue weighted by Crippen LogP contribution is -2.01. The molecule has 0 atom stereocenters. The van der Waals surface area contributed by atoms with Crippen molar-refractivity contribution in [2.24, 2.45) is 0 Å². The van der Waals surface area contributed by atoms with Gasteiger partial charge in [-0.2, -0.15) is 0 Å². The Morgan fingerprint density at radius 1 is 1.27 bits per heavy atom. The topological polar surface area (TPSA) is 29.5 Å². The van der Waals surface area contributed by atoms with E-state index in [0.29, 0.717) is 32.5 Å². The van der Waals surface area contributed by atoms with E-state index in [-0.39, 0.29) is 18.1 Å². The van der Waals surface area contributed by atoms with E-state index in [0.717, 1.165) is 5.56 Å². The molecule has 0 aromatic heterocycles. The van der Waals surface area contributed by atoms with E-state index >= 15 is 0 Å². The van der Waals surface area contributed by atoms with Gasteiger partial charge in [0.25, 0.3) is 0 Å². The monoisotopic (exact) mass is 394 g/mol. The van der Waals surface area contributed by atoms with Crippen molar-refractivity contribution in [1.82, 2.24) is 0 Å². The van der Waals surface area contributed by atoms with Gasteiger partial charge in [0.05, 0.1) is 7.11 Å². The average Bonchev–Trinajstić information content (AvgIpc) is 2.57. The van der Waals surface area contributed by atoms with E-state index in [9.17, 15) is 9.50 Å². The first kappa shape index (κ1) is 20.3. The fourth-order valence-corrected chi connectivity index (χ4v) is 3.29. The van der Waals surface area contributed by atoms with Crippen molar-refractivity contribution in [2.45, 2.75) is 26.2 Å². The van der Waals surface area contributed by atoms with Gasteiger partial charge in [0.15, 0.2) is 0 Å². The Balaban J connectivity index is 2.38. The van der Waals surface area contributed by atoms with Crippen LogP contribution in [-0.4, -0.2) is 12.2 Å². The summed E-state index contributed by atoms with van der Waals surface area (Å²) in [5.41, 5.74) is 2.16. The van der Waals surface area contributed by atoms with Crippen molar-refractivity contribution >= 4 is 29.3 Å². The van der Waals surface area contributed by atoms with E-state index < -0.39 is 5.82 Å². The van der Waals surface area contributed by atoms with Crippen molar-refractivity contribution in [2.75, 3.05) is 7.11 Å². The van der Waals surface area contributed by atoms with Gasteiger partial charge in [0, 0.05) is 22.0 Å². The number of allylic oxidation sites excluding steroid dienone is 1. The Labute approximate surface area is 163 Å². The zero-order valence-electron chi connectivity index (χ0n) is 14.9. The third kappa shape index (κ3) is 4.60. The van der Waals surface area contributed by atoms with Crippen LogP contribution < -0.4 is 0 Å². The minimum absolute atomic E-state index is 0.0442. The van der Waals surface area contributed by atoms with E-state index in [1.165, 1.54) is 13.2 Å². The molecule has 0 bridgehead atoms. The molecule has 5 heteroatoms. The molecule has 0 saturated carbocycles. The molecule has 0 aliphatic carbocycles. The van der Waals surface area contributed by atoms with Gasteiger partial charge in [-0.25, -0.2) is 4.39 Å². The largest absolute Gasteiger partial charge is 0.508 e. The smallest absolute Gasteiger partial charge is 0.133 e. The Bertz CT molecular complexity index is 834. The summed E-state index contributed by atoms with van der Waals surface area (Å²) in [7, 11) is 1.54. The predicted molar refractivity (Wildman–Crippen MR) is 107 cm³/mol. The Morgan fingerprint density at radius 2 is 1.88 bits per heavy atom. The number of hydrogen-bond donors (Lipinski definition) is 1. The number of rotatable bonds is 6. The van der Waals surface area contributed by atoms with Crippen LogP contribution in [0.4, 0.5) is 4.39 Å². The van der Waals surface area contributed by atoms with Crippen LogP contribution in [0.1, 0.15) is 42.0 Å². The molecule has 2 rings (SSSR count). The van der Waals surface area contributed by atoms with Gasteiger partial charge in [0.1, 0.15) is 17.3 Å². The number of benzene rings is 2. The highest BCUT2D eigenvalue weighted by molar-refractivity contribution is 6.36. The molecule has 0 radical (unpaired) electrons. The van der Waals surface area contributed by atoms with Crippen molar-refractivity contribution in [3.05, 3.63) is 80.8 Å². The number of aromatic hydroxyl groups is 1. The van der Waals surface area contributed by atoms with Crippen LogP contribution in [0, 0.1) is 5.82 Å². The lowest BCUT2D eigenvalue weighted by Gasteiger charge is -2.15. The molecule has 1 N–H and O–H groups in total. The molecule has 2 aromatic carbocycles. The van der Waals surface area contributed by atoms with Crippen LogP contribution >= 0.6 is 23.2 Å². The second-order valence-electron chi connectivity index (χ2n) is 6.27. The molecule has 0 aliphatic rings. The van der Waals surface area contributed by atoms with Gasteiger partial charge in [-0.15, -0.1) is 0 Å². The Kier molecular flexibility index (Phi) is 6.74. The molecular formula is C21H21Cl2FO2. The van der Waals surface area contributed by atoms with Gasteiger partial charge < -0.3 is 9.84 Å². The van der Waals surface area contributed by atoms with Gasteiger partial charge in [-0.3, -0.25) is 0 Å². The maximum absolute atomic E-state index is 14.8. The molecule has 0 heterocycles. The van der Waals surface area contributed by atoms with E-state index in [1.807, 2.05) is 13.8 Å². The lowest BCUT2D eigenvalue weighted by atomic mass is 9.95. The highest BCUT2D eigenvalue weighted by Gasteiger charge is 2.18. The number of phenolic OH excluding ortho intramolecular Hbond substituents is 1. The molecule has 0 spiro atoms.